The molecule has 0 unspecified atom stereocenters. The Balaban J connectivity index is 1.55. The van der Waals surface area contributed by atoms with Crippen LogP contribution in [0.4, 0.5) is 11.4 Å². The summed E-state index contributed by atoms with van der Waals surface area (Å²) in [5.41, 5.74) is 3.26. The number of nitrogens with one attached hydrogen (secondary N) is 1. The normalized spacial score (nSPS) is 10.6. The van der Waals surface area contributed by atoms with Gasteiger partial charge in [0.25, 0.3) is 11.6 Å². The molecule has 1 aromatic heterocycles. The Kier molecular flexibility index (Phi) is 5.36. The smallest absolute Gasteiger partial charge is 0.282 e. The molecular weight excluding hydrogens is 398 g/mol. The molecule has 0 spiro atoms. The van der Waals surface area contributed by atoms with Crippen LogP contribution in [0.15, 0.2) is 78.9 Å². The number of carbonyl (C=O) groups is 1. The maximum absolute atomic E-state index is 12.5. The van der Waals surface area contributed by atoms with Crippen molar-refractivity contribution < 1.29 is 9.72 Å². The van der Waals surface area contributed by atoms with E-state index in [1.54, 1.807) is 29.5 Å². The van der Waals surface area contributed by atoms with Crippen LogP contribution in [-0.4, -0.2) is 15.8 Å². The van der Waals surface area contributed by atoms with Crippen molar-refractivity contribution in [2.75, 3.05) is 5.32 Å². The van der Waals surface area contributed by atoms with Gasteiger partial charge in [0, 0.05) is 27.8 Å². The van der Waals surface area contributed by atoms with Crippen LogP contribution in [0.3, 0.4) is 0 Å². The van der Waals surface area contributed by atoms with E-state index in [0.29, 0.717) is 5.69 Å². The summed E-state index contributed by atoms with van der Waals surface area (Å²) < 4.78 is 0. The number of benzene rings is 3. The predicted molar refractivity (Wildman–Crippen MR) is 119 cm³/mol. The van der Waals surface area contributed by atoms with Gasteiger partial charge in [-0.2, -0.15) is 0 Å². The topological polar surface area (TPSA) is 85.1 Å². The molecule has 4 rings (SSSR count). The molecule has 0 atom stereocenters. The molecule has 0 saturated heterocycles. The molecule has 0 aliphatic rings. The molecular formula is C23H17N3O3S. The zero-order chi connectivity index (χ0) is 21.1. The first-order chi connectivity index (χ1) is 14.5. The van der Waals surface area contributed by atoms with Gasteiger partial charge >= 0.3 is 0 Å². The number of carbonyl (C=O) groups excluding carboxylic acids is 1. The lowest BCUT2D eigenvalue weighted by Crippen LogP contribution is -2.13. The lowest BCUT2D eigenvalue weighted by Gasteiger charge is -2.07. The fraction of sp³-hybridized carbons (Fsp3) is 0.0435. The third-order valence-electron chi connectivity index (χ3n) is 4.58. The lowest BCUT2D eigenvalue weighted by molar-refractivity contribution is -0.385. The molecule has 0 radical (unpaired) electrons. The van der Waals surface area contributed by atoms with Crippen molar-refractivity contribution in [2.45, 2.75) is 6.92 Å². The van der Waals surface area contributed by atoms with E-state index >= 15 is 0 Å². The molecule has 30 heavy (non-hydrogen) atoms. The summed E-state index contributed by atoms with van der Waals surface area (Å²) in [6.45, 7) is 2.03. The highest BCUT2D eigenvalue weighted by atomic mass is 32.1. The summed E-state index contributed by atoms with van der Waals surface area (Å²) in [6.07, 6.45) is 0. The van der Waals surface area contributed by atoms with Gasteiger partial charge in [-0.15, -0.1) is 11.3 Å². The Hall–Kier alpha value is -3.84. The fourth-order valence-electron chi connectivity index (χ4n) is 3.10. The van der Waals surface area contributed by atoms with Crippen molar-refractivity contribution in [2.24, 2.45) is 0 Å². The first kappa shape index (κ1) is 19.5. The molecule has 1 amide bonds. The van der Waals surface area contributed by atoms with E-state index in [-0.39, 0.29) is 11.3 Å². The quantitative estimate of drug-likeness (QED) is 0.323. The number of para-hydroxylation sites is 1. The van der Waals surface area contributed by atoms with Crippen LogP contribution in [0.1, 0.15) is 15.2 Å². The highest BCUT2D eigenvalue weighted by molar-refractivity contribution is 7.15. The minimum Gasteiger partial charge on any atom is -0.322 e. The van der Waals surface area contributed by atoms with E-state index in [2.05, 4.69) is 5.32 Å². The highest BCUT2D eigenvalue weighted by Gasteiger charge is 2.19. The van der Waals surface area contributed by atoms with Crippen molar-refractivity contribution >= 4 is 28.6 Å². The Morgan fingerprint density at radius 2 is 1.60 bits per heavy atom. The average molecular weight is 415 g/mol. The number of hydrogen-bond donors (Lipinski definition) is 1. The maximum atomic E-state index is 12.5. The molecule has 0 aliphatic carbocycles. The molecule has 148 valence electrons. The average Bonchev–Trinajstić information content (AvgIpc) is 3.16. The van der Waals surface area contributed by atoms with E-state index in [9.17, 15) is 14.9 Å². The van der Waals surface area contributed by atoms with Crippen LogP contribution < -0.4 is 5.32 Å². The summed E-state index contributed by atoms with van der Waals surface area (Å²) >= 11 is 1.63. The minimum atomic E-state index is -0.562. The molecule has 1 N–H and O–H groups in total. The molecule has 0 fully saturated rings. The summed E-state index contributed by atoms with van der Waals surface area (Å²) in [6, 6.07) is 23.2. The molecule has 3 aromatic carbocycles. The van der Waals surface area contributed by atoms with Crippen LogP contribution in [-0.2, 0) is 0 Å². The summed E-state index contributed by atoms with van der Waals surface area (Å²) in [4.78, 5) is 28.9. The second-order valence-electron chi connectivity index (χ2n) is 6.60. The zero-order valence-electron chi connectivity index (χ0n) is 16.0. The van der Waals surface area contributed by atoms with Gasteiger partial charge < -0.3 is 5.32 Å². The van der Waals surface area contributed by atoms with Gasteiger partial charge in [-0.05, 0) is 25.1 Å². The standard InChI is InChI=1S/C23H17N3O3S/c1-15-21(25-23(30-15)17-7-3-2-4-8-17)16-11-13-18(14-12-16)24-22(27)19-9-5-6-10-20(19)26(28)29/h2-14H,1H3,(H,24,27). The number of nitro benzene ring substituents is 1. The van der Waals surface area contributed by atoms with Crippen LogP contribution in [0.25, 0.3) is 21.8 Å². The molecule has 4 aromatic rings. The van der Waals surface area contributed by atoms with E-state index in [1.807, 2.05) is 49.4 Å². The predicted octanol–water partition coefficient (Wildman–Crippen LogP) is 5.95. The fourth-order valence-corrected chi connectivity index (χ4v) is 4.04. The van der Waals surface area contributed by atoms with E-state index in [1.165, 1.54) is 18.2 Å². The molecule has 7 heteroatoms. The second kappa shape index (κ2) is 8.26. The van der Waals surface area contributed by atoms with Gasteiger partial charge in [-0.25, -0.2) is 4.98 Å². The monoisotopic (exact) mass is 415 g/mol. The number of rotatable bonds is 5. The van der Waals surface area contributed by atoms with Crippen LogP contribution in [0.5, 0.6) is 0 Å². The Bertz CT molecular complexity index is 1220. The molecule has 0 aliphatic heterocycles. The number of aryl methyl sites for hydroxylation is 1. The zero-order valence-corrected chi connectivity index (χ0v) is 16.8. The van der Waals surface area contributed by atoms with Gasteiger partial charge in [-0.3, -0.25) is 14.9 Å². The summed E-state index contributed by atoms with van der Waals surface area (Å²) in [5.74, 6) is -0.522. The highest BCUT2D eigenvalue weighted by Crippen LogP contribution is 2.33. The van der Waals surface area contributed by atoms with Gasteiger partial charge in [-0.1, -0.05) is 54.6 Å². The van der Waals surface area contributed by atoms with E-state index < -0.39 is 10.8 Å². The first-order valence-electron chi connectivity index (χ1n) is 9.21. The molecule has 1 heterocycles. The number of nitrogens with zero attached hydrogens (tertiary/aromatic N) is 2. The number of hydrogen-bond acceptors (Lipinski definition) is 5. The number of anilines is 1. The SMILES string of the molecule is Cc1sc(-c2ccccc2)nc1-c1ccc(NC(=O)c2ccccc2[N+](=O)[O-])cc1. The lowest BCUT2D eigenvalue weighted by atomic mass is 10.1. The first-order valence-corrected chi connectivity index (χ1v) is 10.0. The molecule has 0 bridgehead atoms. The second-order valence-corrected chi connectivity index (χ2v) is 7.80. The number of nitro groups is 1. The minimum absolute atomic E-state index is 0.0226. The molecule has 6 nitrogen and oxygen atoms in total. The van der Waals surface area contributed by atoms with E-state index in [4.69, 9.17) is 4.98 Å². The Morgan fingerprint density at radius 1 is 0.933 bits per heavy atom. The van der Waals surface area contributed by atoms with Crippen LogP contribution in [0.2, 0.25) is 0 Å². The van der Waals surface area contributed by atoms with Crippen molar-refractivity contribution in [1.29, 1.82) is 0 Å². The van der Waals surface area contributed by atoms with Crippen LogP contribution in [0, 0.1) is 17.0 Å². The van der Waals surface area contributed by atoms with E-state index in [0.717, 1.165) is 26.7 Å². The van der Waals surface area contributed by atoms with Crippen molar-refractivity contribution in [3.05, 3.63) is 99.4 Å². The Morgan fingerprint density at radius 3 is 2.30 bits per heavy atom. The number of aromatic nitrogens is 1. The third-order valence-corrected chi connectivity index (χ3v) is 5.60. The van der Waals surface area contributed by atoms with Gasteiger partial charge in [0.2, 0.25) is 0 Å². The van der Waals surface area contributed by atoms with Crippen molar-refractivity contribution in [3.63, 3.8) is 0 Å². The van der Waals surface area contributed by atoms with Crippen molar-refractivity contribution in [3.8, 4) is 21.8 Å². The summed E-state index contributed by atoms with van der Waals surface area (Å²) in [7, 11) is 0. The van der Waals surface area contributed by atoms with Crippen molar-refractivity contribution in [1.82, 2.24) is 4.98 Å². The number of amides is 1. The van der Waals surface area contributed by atoms with Gasteiger partial charge in [0.1, 0.15) is 10.6 Å². The van der Waals surface area contributed by atoms with Crippen LogP contribution >= 0.6 is 11.3 Å². The van der Waals surface area contributed by atoms with Gasteiger partial charge in [0.15, 0.2) is 0 Å². The van der Waals surface area contributed by atoms with Gasteiger partial charge in [0.05, 0.1) is 10.6 Å². The third kappa shape index (κ3) is 3.97. The Labute approximate surface area is 177 Å². The largest absolute Gasteiger partial charge is 0.322 e. The number of thiazole rings is 1. The molecule has 0 saturated carbocycles. The summed E-state index contributed by atoms with van der Waals surface area (Å²) in [5, 5.41) is 14.8. The maximum Gasteiger partial charge on any atom is 0.282 e.